The molecule has 116 valence electrons. The Kier molecular flexibility index (Phi) is 4.80. The molecule has 1 aromatic carbocycles. The Morgan fingerprint density at radius 2 is 2.00 bits per heavy atom. The number of nitrogens with zero attached hydrogens (tertiary/aromatic N) is 1. The summed E-state index contributed by atoms with van der Waals surface area (Å²) in [6.07, 6.45) is 7.43. The number of allylic oxidation sites excluding steroid dienone is 1. The monoisotopic (exact) mass is 342 g/mol. The molecule has 0 aliphatic heterocycles. The van der Waals surface area contributed by atoms with Crippen molar-refractivity contribution in [2.45, 2.75) is 25.7 Å². The van der Waals surface area contributed by atoms with E-state index in [1.165, 1.54) is 22.9 Å². The summed E-state index contributed by atoms with van der Waals surface area (Å²) in [5, 5.41) is 13.9. The third kappa shape index (κ3) is 3.47. The van der Waals surface area contributed by atoms with Gasteiger partial charge < -0.3 is 5.32 Å². The second-order valence-electron chi connectivity index (χ2n) is 5.38. The fraction of sp³-hybridized carbons (Fsp3) is 0.222. The summed E-state index contributed by atoms with van der Waals surface area (Å²) in [5.74, 6) is -0.103. The maximum Gasteiger partial charge on any atom is 0.187 e. The molecule has 0 atom stereocenters. The highest BCUT2D eigenvalue weighted by Crippen LogP contribution is 2.37. The van der Waals surface area contributed by atoms with Crippen molar-refractivity contribution in [2.75, 3.05) is 5.32 Å². The summed E-state index contributed by atoms with van der Waals surface area (Å²) >= 11 is 7.44. The molecule has 1 heterocycles. The number of anilines is 1. The Labute approximate surface area is 144 Å². The lowest BCUT2D eigenvalue weighted by atomic mass is 9.96. The molecule has 23 heavy (non-hydrogen) atoms. The summed E-state index contributed by atoms with van der Waals surface area (Å²) in [7, 11) is 0. The fourth-order valence-corrected chi connectivity index (χ4v) is 4.03. The van der Waals surface area contributed by atoms with E-state index in [0.717, 1.165) is 29.8 Å². The first-order valence-electron chi connectivity index (χ1n) is 7.46. The van der Waals surface area contributed by atoms with Gasteiger partial charge in [-0.1, -0.05) is 11.6 Å². The number of nitriles is 1. The smallest absolute Gasteiger partial charge is 0.187 e. The van der Waals surface area contributed by atoms with Crippen LogP contribution in [-0.2, 0) is 12.8 Å². The number of rotatable bonds is 4. The SMILES string of the molecule is N#Cc1c(N/C=C/C(=O)c2ccc(Cl)cc2)sc2c1CCCC2. The number of carbonyl (C=O) groups is 1. The highest BCUT2D eigenvalue weighted by molar-refractivity contribution is 7.16. The first-order chi connectivity index (χ1) is 11.2. The number of fused-ring (bicyclic) bond motifs is 1. The van der Waals surface area contributed by atoms with Crippen molar-refractivity contribution in [1.29, 1.82) is 5.26 Å². The number of aryl methyl sites for hydroxylation is 1. The fourth-order valence-electron chi connectivity index (χ4n) is 2.69. The zero-order valence-corrected chi connectivity index (χ0v) is 14.0. The van der Waals surface area contributed by atoms with Gasteiger partial charge in [0.25, 0.3) is 0 Å². The lowest BCUT2D eigenvalue weighted by Crippen LogP contribution is -2.00. The van der Waals surface area contributed by atoms with Crippen molar-refractivity contribution in [1.82, 2.24) is 0 Å². The van der Waals surface area contributed by atoms with Gasteiger partial charge in [0.1, 0.15) is 11.1 Å². The van der Waals surface area contributed by atoms with Crippen LogP contribution in [0.3, 0.4) is 0 Å². The van der Waals surface area contributed by atoms with E-state index in [0.29, 0.717) is 10.6 Å². The average molecular weight is 343 g/mol. The molecule has 0 spiro atoms. The van der Waals surface area contributed by atoms with E-state index in [9.17, 15) is 10.1 Å². The quantitative estimate of drug-likeness (QED) is 0.631. The number of benzene rings is 1. The Bertz CT molecular complexity index is 800. The Balaban J connectivity index is 1.73. The number of nitrogens with one attached hydrogen (secondary N) is 1. The average Bonchev–Trinajstić information content (AvgIpc) is 2.92. The van der Waals surface area contributed by atoms with Crippen LogP contribution in [0.1, 0.15) is 39.2 Å². The molecule has 0 fully saturated rings. The Morgan fingerprint density at radius 3 is 2.74 bits per heavy atom. The number of hydrogen-bond acceptors (Lipinski definition) is 4. The van der Waals surface area contributed by atoms with Gasteiger partial charge in [-0.15, -0.1) is 11.3 Å². The van der Waals surface area contributed by atoms with Gasteiger partial charge in [0.05, 0.1) is 5.56 Å². The van der Waals surface area contributed by atoms with Gasteiger partial charge in [0.15, 0.2) is 5.78 Å². The predicted molar refractivity (Wildman–Crippen MR) is 94.2 cm³/mol. The van der Waals surface area contributed by atoms with Gasteiger partial charge in [-0.3, -0.25) is 4.79 Å². The molecule has 2 aromatic rings. The molecule has 1 aliphatic rings. The minimum atomic E-state index is -0.103. The van der Waals surface area contributed by atoms with E-state index in [1.54, 1.807) is 41.8 Å². The van der Waals surface area contributed by atoms with Crippen molar-refractivity contribution in [3.8, 4) is 6.07 Å². The van der Waals surface area contributed by atoms with Gasteiger partial charge in [-0.2, -0.15) is 5.26 Å². The summed E-state index contributed by atoms with van der Waals surface area (Å²) in [4.78, 5) is 13.4. The molecule has 5 heteroatoms. The normalized spacial score (nSPS) is 13.6. The number of thiophene rings is 1. The highest BCUT2D eigenvalue weighted by atomic mass is 35.5. The maximum atomic E-state index is 12.1. The zero-order valence-electron chi connectivity index (χ0n) is 12.4. The molecule has 1 aliphatic carbocycles. The zero-order chi connectivity index (χ0) is 16.2. The number of hydrogen-bond donors (Lipinski definition) is 1. The Morgan fingerprint density at radius 1 is 1.26 bits per heavy atom. The van der Waals surface area contributed by atoms with Crippen LogP contribution in [-0.4, -0.2) is 5.78 Å². The minimum Gasteiger partial charge on any atom is -0.352 e. The lowest BCUT2D eigenvalue weighted by molar-refractivity contribution is 0.104. The molecule has 0 radical (unpaired) electrons. The van der Waals surface area contributed by atoms with E-state index in [2.05, 4.69) is 11.4 Å². The van der Waals surface area contributed by atoms with Crippen LogP contribution in [0.4, 0.5) is 5.00 Å². The summed E-state index contributed by atoms with van der Waals surface area (Å²) in [6.45, 7) is 0. The first-order valence-corrected chi connectivity index (χ1v) is 8.66. The van der Waals surface area contributed by atoms with E-state index >= 15 is 0 Å². The van der Waals surface area contributed by atoms with Gasteiger partial charge in [-0.25, -0.2) is 0 Å². The first kappa shape index (κ1) is 15.8. The second-order valence-corrected chi connectivity index (χ2v) is 6.92. The standard InChI is InChI=1S/C18H15ClN2OS/c19-13-7-5-12(6-8-13)16(22)9-10-21-18-15(11-20)14-3-1-2-4-17(14)23-18/h5-10,21H,1-4H2/b10-9+. The molecule has 0 amide bonds. The van der Waals surface area contributed by atoms with Crippen LogP contribution in [0, 0.1) is 11.3 Å². The predicted octanol–water partition coefficient (Wildman–Crippen LogP) is 4.96. The van der Waals surface area contributed by atoms with E-state index in [1.807, 2.05) is 0 Å². The van der Waals surface area contributed by atoms with E-state index in [-0.39, 0.29) is 5.78 Å². The number of carbonyl (C=O) groups excluding carboxylic acids is 1. The molecular formula is C18H15ClN2OS. The second kappa shape index (κ2) is 6.99. The van der Waals surface area contributed by atoms with Crippen molar-refractivity contribution in [3.05, 3.63) is 63.1 Å². The van der Waals surface area contributed by atoms with Gasteiger partial charge in [-0.05, 0) is 55.5 Å². The third-order valence-electron chi connectivity index (χ3n) is 3.86. The van der Waals surface area contributed by atoms with Crippen LogP contribution in [0.25, 0.3) is 0 Å². The van der Waals surface area contributed by atoms with Crippen molar-refractivity contribution < 1.29 is 4.79 Å². The Hall–Kier alpha value is -2.09. The molecule has 1 N–H and O–H groups in total. The largest absolute Gasteiger partial charge is 0.352 e. The van der Waals surface area contributed by atoms with E-state index < -0.39 is 0 Å². The molecule has 0 unspecified atom stereocenters. The van der Waals surface area contributed by atoms with Crippen molar-refractivity contribution in [2.24, 2.45) is 0 Å². The van der Waals surface area contributed by atoms with Crippen LogP contribution in [0.15, 0.2) is 36.5 Å². The topological polar surface area (TPSA) is 52.9 Å². The van der Waals surface area contributed by atoms with Crippen LogP contribution >= 0.6 is 22.9 Å². The molecule has 3 nitrogen and oxygen atoms in total. The van der Waals surface area contributed by atoms with Gasteiger partial charge >= 0.3 is 0 Å². The maximum absolute atomic E-state index is 12.1. The molecule has 0 saturated carbocycles. The van der Waals surface area contributed by atoms with Crippen LogP contribution in [0.2, 0.25) is 5.02 Å². The van der Waals surface area contributed by atoms with Crippen molar-refractivity contribution >= 4 is 33.7 Å². The molecule has 0 saturated heterocycles. The van der Waals surface area contributed by atoms with Gasteiger partial charge in [0.2, 0.25) is 0 Å². The minimum absolute atomic E-state index is 0.103. The highest BCUT2D eigenvalue weighted by Gasteiger charge is 2.20. The molecule has 1 aromatic heterocycles. The van der Waals surface area contributed by atoms with E-state index in [4.69, 9.17) is 11.6 Å². The number of ketones is 1. The van der Waals surface area contributed by atoms with Crippen LogP contribution in [0.5, 0.6) is 0 Å². The van der Waals surface area contributed by atoms with Crippen LogP contribution < -0.4 is 5.32 Å². The lowest BCUT2D eigenvalue weighted by Gasteiger charge is -2.09. The summed E-state index contributed by atoms with van der Waals surface area (Å²) in [5.41, 5.74) is 2.50. The van der Waals surface area contributed by atoms with Crippen molar-refractivity contribution in [3.63, 3.8) is 0 Å². The molecular weight excluding hydrogens is 328 g/mol. The summed E-state index contributed by atoms with van der Waals surface area (Å²) < 4.78 is 0. The third-order valence-corrected chi connectivity index (χ3v) is 5.34. The molecule has 0 bridgehead atoms. The molecule has 3 rings (SSSR count). The number of halogens is 1. The van der Waals surface area contributed by atoms with Gasteiger partial charge in [0, 0.05) is 27.7 Å². The summed E-state index contributed by atoms with van der Waals surface area (Å²) in [6, 6.07) is 9.07.